The first-order chi connectivity index (χ1) is 12.2. The Morgan fingerprint density at radius 2 is 2.00 bits per heavy atom. The zero-order chi connectivity index (χ0) is 17.6. The standard InChI is InChI=1S/C18H18N4O3/c1-3-24-17(23)15-11-20-22(13(15)2)16-9-10-19-18(21-16)25-12-14-7-5-4-6-8-14/h4-11H,3,12H2,1-2H3. The molecule has 0 saturated heterocycles. The molecule has 0 radical (unpaired) electrons. The van der Waals surface area contributed by atoms with Crippen molar-refractivity contribution in [2.75, 3.05) is 6.61 Å². The van der Waals surface area contributed by atoms with Crippen molar-refractivity contribution in [3.63, 3.8) is 0 Å². The predicted molar refractivity (Wildman–Crippen MR) is 90.6 cm³/mol. The lowest BCUT2D eigenvalue weighted by Gasteiger charge is -2.07. The Bertz CT molecular complexity index is 862. The van der Waals surface area contributed by atoms with Crippen molar-refractivity contribution < 1.29 is 14.3 Å². The fraction of sp³-hybridized carbons (Fsp3) is 0.222. The Kier molecular flexibility index (Phi) is 5.03. The van der Waals surface area contributed by atoms with E-state index in [4.69, 9.17) is 9.47 Å². The van der Waals surface area contributed by atoms with Gasteiger partial charge in [0.2, 0.25) is 0 Å². The van der Waals surface area contributed by atoms with Gasteiger partial charge in [0, 0.05) is 12.3 Å². The monoisotopic (exact) mass is 338 g/mol. The van der Waals surface area contributed by atoms with E-state index in [1.807, 2.05) is 30.3 Å². The van der Waals surface area contributed by atoms with Crippen LogP contribution in [0.15, 0.2) is 48.8 Å². The highest BCUT2D eigenvalue weighted by atomic mass is 16.5. The Hall–Kier alpha value is -3.22. The highest BCUT2D eigenvalue weighted by Crippen LogP contribution is 2.15. The van der Waals surface area contributed by atoms with E-state index in [0.29, 0.717) is 30.3 Å². The number of carbonyl (C=O) groups is 1. The van der Waals surface area contributed by atoms with E-state index in [9.17, 15) is 4.79 Å². The third-order valence-corrected chi connectivity index (χ3v) is 3.55. The molecule has 25 heavy (non-hydrogen) atoms. The van der Waals surface area contributed by atoms with E-state index in [-0.39, 0.29) is 6.01 Å². The first-order valence-corrected chi connectivity index (χ1v) is 7.91. The summed E-state index contributed by atoms with van der Waals surface area (Å²) in [5.41, 5.74) is 2.08. The number of carbonyl (C=O) groups excluding carboxylic acids is 1. The van der Waals surface area contributed by atoms with Gasteiger partial charge in [-0.15, -0.1) is 0 Å². The van der Waals surface area contributed by atoms with E-state index in [1.54, 1.807) is 30.8 Å². The highest BCUT2D eigenvalue weighted by Gasteiger charge is 2.17. The maximum absolute atomic E-state index is 11.9. The Balaban J connectivity index is 1.79. The number of nitrogens with zero attached hydrogens (tertiary/aromatic N) is 4. The quantitative estimate of drug-likeness (QED) is 0.643. The minimum absolute atomic E-state index is 0.244. The van der Waals surface area contributed by atoms with Crippen molar-refractivity contribution in [1.82, 2.24) is 19.7 Å². The topological polar surface area (TPSA) is 79.1 Å². The van der Waals surface area contributed by atoms with Gasteiger partial charge >= 0.3 is 12.0 Å². The fourth-order valence-corrected chi connectivity index (χ4v) is 2.29. The van der Waals surface area contributed by atoms with Gasteiger partial charge < -0.3 is 9.47 Å². The van der Waals surface area contributed by atoms with Crippen molar-refractivity contribution in [3.8, 4) is 11.8 Å². The molecular weight excluding hydrogens is 320 g/mol. The van der Waals surface area contributed by atoms with Crippen LogP contribution in [0.1, 0.15) is 28.5 Å². The molecule has 0 N–H and O–H groups in total. The first-order valence-electron chi connectivity index (χ1n) is 7.91. The molecule has 0 fully saturated rings. The summed E-state index contributed by atoms with van der Waals surface area (Å²) < 4.78 is 12.2. The summed E-state index contributed by atoms with van der Waals surface area (Å²) in [6, 6.07) is 11.7. The van der Waals surface area contributed by atoms with Gasteiger partial charge in [0.15, 0.2) is 5.82 Å². The number of hydrogen-bond acceptors (Lipinski definition) is 6. The van der Waals surface area contributed by atoms with Gasteiger partial charge in [-0.25, -0.2) is 14.5 Å². The van der Waals surface area contributed by atoms with Gasteiger partial charge in [-0.3, -0.25) is 0 Å². The van der Waals surface area contributed by atoms with Crippen LogP contribution >= 0.6 is 0 Å². The fourth-order valence-electron chi connectivity index (χ4n) is 2.29. The van der Waals surface area contributed by atoms with Crippen LogP contribution in [0.5, 0.6) is 6.01 Å². The Morgan fingerprint density at radius 3 is 2.76 bits per heavy atom. The van der Waals surface area contributed by atoms with Gasteiger partial charge in [-0.2, -0.15) is 10.1 Å². The summed E-state index contributed by atoms with van der Waals surface area (Å²) in [5.74, 6) is 0.118. The van der Waals surface area contributed by atoms with Gasteiger partial charge in [0.25, 0.3) is 0 Å². The van der Waals surface area contributed by atoms with Gasteiger partial charge in [0.05, 0.1) is 18.5 Å². The molecule has 128 valence electrons. The molecule has 0 aliphatic carbocycles. The van der Waals surface area contributed by atoms with Crippen LogP contribution in [-0.4, -0.2) is 32.3 Å². The molecule has 7 nitrogen and oxygen atoms in total. The summed E-state index contributed by atoms with van der Waals surface area (Å²) in [7, 11) is 0. The van der Waals surface area contributed by atoms with E-state index in [2.05, 4.69) is 15.1 Å². The smallest absolute Gasteiger partial charge is 0.341 e. The van der Waals surface area contributed by atoms with Crippen molar-refractivity contribution in [2.45, 2.75) is 20.5 Å². The molecule has 0 unspecified atom stereocenters. The van der Waals surface area contributed by atoms with Crippen molar-refractivity contribution in [2.24, 2.45) is 0 Å². The van der Waals surface area contributed by atoms with Crippen LogP contribution in [0.25, 0.3) is 5.82 Å². The molecule has 0 aliphatic rings. The van der Waals surface area contributed by atoms with Gasteiger partial charge in [-0.1, -0.05) is 30.3 Å². The third-order valence-electron chi connectivity index (χ3n) is 3.55. The number of benzene rings is 1. The van der Waals surface area contributed by atoms with Crippen LogP contribution in [0.3, 0.4) is 0 Å². The molecule has 3 aromatic rings. The Labute approximate surface area is 145 Å². The second-order valence-electron chi connectivity index (χ2n) is 5.25. The van der Waals surface area contributed by atoms with Crippen LogP contribution in [0, 0.1) is 6.92 Å². The molecular formula is C18H18N4O3. The zero-order valence-corrected chi connectivity index (χ0v) is 14.0. The second-order valence-corrected chi connectivity index (χ2v) is 5.25. The molecule has 7 heteroatoms. The van der Waals surface area contributed by atoms with E-state index >= 15 is 0 Å². The van der Waals surface area contributed by atoms with Crippen molar-refractivity contribution in [1.29, 1.82) is 0 Å². The van der Waals surface area contributed by atoms with Crippen LogP contribution < -0.4 is 4.74 Å². The minimum Gasteiger partial charge on any atom is -0.462 e. The average molecular weight is 338 g/mol. The number of esters is 1. The SMILES string of the molecule is CCOC(=O)c1cnn(-c2ccnc(OCc3ccccc3)n2)c1C. The number of aromatic nitrogens is 4. The van der Waals surface area contributed by atoms with Crippen molar-refractivity contribution >= 4 is 5.97 Å². The molecule has 1 aromatic carbocycles. The average Bonchev–Trinajstić information content (AvgIpc) is 3.03. The van der Waals surface area contributed by atoms with Crippen LogP contribution in [0.4, 0.5) is 0 Å². The number of hydrogen-bond donors (Lipinski definition) is 0. The molecule has 2 aromatic heterocycles. The lowest BCUT2D eigenvalue weighted by Crippen LogP contribution is -2.08. The molecule has 0 atom stereocenters. The largest absolute Gasteiger partial charge is 0.462 e. The van der Waals surface area contributed by atoms with E-state index in [1.165, 1.54) is 6.20 Å². The molecule has 0 aliphatic heterocycles. The zero-order valence-electron chi connectivity index (χ0n) is 14.0. The summed E-state index contributed by atoms with van der Waals surface area (Å²) in [6.07, 6.45) is 3.06. The minimum atomic E-state index is -0.402. The molecule has 0 amide bonds. The number of rotatable bonds is 6. The lowest BCUT2D eigenvalue weighted by atomic mass is 10.2. The van der Waals surface area contributed by atoms with Crippen LogP contribution in [0.2, 0.25) is 0 Å². The van der Waals surface area contributed by atoms with Gasteiger partial charge in [-0.05, 0) is 19.4 Å². The highest BCUT2D eigenvalue weighted by molar-refractivity contribution is 5.90. The summed E-state index contributed by atoms with van der Waals surface area (Å²) in [5, 5.41) is 4.22. The molecule has 0 bridgehead atoms. The molecule has 3 rings (SSSR count). The van der Waals surface area contributed by atoms with Crippen LogP contribution in [-0.2, 0) is 11.3 Å². The second kappa shape index (κ2) is 7.57. The van der Waals surface area contributed by atoms with E-state index in [0.717, 1.165) is 5.56 Å². The number of ether oxygens (including phenoxy) is 2. The molecule has 0 spiro atoms. The maximum atomic E-state index is 11.9. The third kappa shape index (κ3) is 3.82. The molecule has 2 heterocycles. The normalized spacial score (nSPS) is 10.5. The Morgan fingerprint density at radius 1 is 1.20 bits per heavy atom. The summed E-state index contributed by atoms with van der Waals surface area (Å²) >= 11 is 0. The molecule has 0 saturated carbocycles. The lowest BCUT2D eigenvalue weighted by molar-refractivity contribution is 0.0525. The first kappa shape index (κ1) is 16.6. The van der Waals surface area contributed by atoms with Gasteiger partial charge in [0.1, 0.15) is 12.2 Å². The maximum Gasteiger partial charge on any atom is 0.341 e. The predicted octanol–water partition coefficient (Wildman–Crippen LogP) is 2.73. The summed E-state index contributed by atoms with van der Waals surface area (Å²) in [6.45, 7) is 4.23. The van der Waals surface area contributed by atoms with E-state index < -0.39 is 5.97 Å². The summed E-state index contributed by atoms with van der Waals surface area (Å²) in [4.78, 5) is 20.4. The van der Waals surface area contributed by atoms with Crippen molar-refractivity contribution in [3.05, 3.63) is 65.6 Å².